The van der Waals surface area contributed by atoms with E-state index in [9.17, 15) is 0 Å². The Kier molecular flexibility index (Phi) is 7.51. The van der Waals surface area contributed by atoms with Crippen molar-refractivity contribution in [3.8, 4) is 0 Å². The molecule has 74 valence electrons. The largest absolute Gasteiger partial charge is 0.393 e. The molecule has 0 aliphatic rings. The van der Waals surface area contributed by atoms with E-state index in [0.717, 1.165) is 25.9 Å². The SMILES string of the molecule is CCCCOC(C)CCC(C)O. The molecule has 0 rings (SSSR count). The van der Waals surface area contributed by atoms with Crippen LogP contribution in [-0.4, -0.2) is 23.9 Å². The van der Waals surface area contributed by atoms with Gasteiger partial charge in [0.15, 0.2) is 0 Å². The highest BCUT2D eigenvalue weighted by atomic mass is 16.5. The summed E-state index contributed by atoms with van der Waals surface area (Å²) in [6.07, 6.45) is 4.23. The van der Waals surface area contributed by atoms with Gasteiger partial charge in [0.05, 0.1) is 12.2 Å². The molecule has 1 N–H and O–H groups in total. The van der Waals surface area contributed by atoms with Gasteiger partial charge in [-0.05, 0) is 33.1 Å². The molecular formula is C10H22O2. The molecule has 0 aliphatic heterocycles. The number of unbranched alkanes of at least 4 members (excludes halogenated alkanes) is 1. The van der Waals surface area contributed by atoms with Gasteiger partial charge in [-0.15, -0.1) is 0 Å². The first-order chi connectivity index (χ1) is 5.66. The van der Waals surface area contributed by atoms with Crippen molar-refractivity contribution >= 4 is 0 Å². The zero-order chi connectivity index (χ0) is 9.40. The number of ether oxygens (including phenoxy) is 1. The highest BCUT2D eigenvalue weighted by molar-refractivity contribution is 4.54. The standard InChI is InChI=1S/C10H22O2/c1-4-5-8-12-10(3)7-6-9(2)11/h9-11H,4-8H2,1-3H3. The maximum Gasteiger partial charge on any atom is 0.0547 e. The van der Waals surface area contributed by atoms with Gasteiger partial charge in [-0.1, -0.05) is 13.3 Å². The molecule has 0 fully saturated rings. The van der Waals surface area contributed by atoms with E-state index in [1.807, 2.05) is 6.92 Å². The van der Waals surface area contributed by atoms with E-state index in [1.165, 1.54) is 6.42 Å². The van der Waals surface area contributed by atoms with E-state index >= 15 is 0 Å². The third-order valence-corrected chi connectivity index (χ3v) is 1.89. The number of aliphatic hydroxyl groups excluding tert-OH is 1. The molecule has 0 aromatic rings. The van der Waals surface area contributed by atoms with Crippen molar-refractivity contribution < 1.29 is 9.84 Å². The lowest BCUT2D eigenvalue weighted by atomic mass is 10.1. The molecule has 12 heavy (non-hydrogen) atoms. The maximum atomic E-state index is 9.02. The van der Waals surface area contributed by atoms with Crippen LogP contribution in [0, 0.1) is 0 Å². The second-order valence-corrected chi connectivity index (χ2v) is 3.46. The van der Waals surface area contributed by atoms with Crippen LogP contribution in [0.4, 0.5) is 0 Å². The molecule has 2 heteroatoms. The summed E-state index contributed by atoms with van der Waals surface area (Å²) in [5.74, 6) is 0. The molecule has 0 amide bonds. The van der Waals surface area contributed by atoms with E-state index in [0.29, 0.717) is 6.10 Å². The van der Waals surface area contributed by atoms with Crippen LogP contribution in [0.5, 0.6) is 0 Å². The van der Waals surface area contributed by atoms with E-state index in [-0.39, 0.29) is 6.10 Å². The van der Waals surface area contributed by atoms with Gasteiger partial charge < -0.3 is 9.84 Å². The molecule has 0 aromatic carbocycles. The van der Waals surface area contributed by atoms with Crippen molar-refractivity contribution in [3.63, 3.8) is 0 Å². The fourth-order valence-electron chi connectivity index (χ4n) is 0.988. The summed E-state index contributed by atoms with van der Waals surface area (Å²) in [6, 6.07) is 0. The Balaban J connectivity index is 3.15. The normalized spacial score (nSPS) is 16.0. The van der Waals surface area contributed by atoms with Gasteiger partial charge in [0.25, 0.3) is 0 Å². The molecule has 0 saturated heterocycles. The summed E-state index contributed by atoms with van der Waals surface area (Å²) in [5, 5.41) is 9.02. The Morgan fingerprint density at radius 2 is 1.92 bits per heavy atom. The average Bonchev–Trinajstić information content (AvgIpc) is 2.01. The van der Waals surface area contributed by atoms with Gasteiger partial charge in [-0.3, -0.25) is 0 Å². The third kappa shape index (κ3) is 8.02. The Bertz CT molecular complexity index is 91.8. The van der Waals surface area contributed by atoms with Gasteiger partial charge in [0.2, 0.25) is 0 Å². The van der Waals surface area contributed by atoms with Crippen LogP contribution in [-0.2, 0) is 4.74 Å². The van der Waals surface area contributed by atoms with Crippen LogP contribution < -0.4 is 0 Å². The van der Waals surface area contributed by atoms with E-state index < -0.39 is 0 Å². The molecule has 0 aliphatic carbocycles. The number of rotatable bonds is 7. The first-order valence-electron chi connectivity index (χ1n) is 4.96. The van der Waals surface area contributed by atoms with Crippen LogP contribution in [0.25, 0.3) is 0 Å². The third-order valence-electron chi connectivity index (χ3n) is 1.89. The van der Waals surface area contributed by atoms with Crippen LogP contribution in [0.1, 0.15) is 46.5 Å². The minimum Gasteiger partial charge on any atom is -0.393 e. The summed E-state index contributed by atoms with van der Waals surface area (Å²) >= 11 is 0. The first-order valence-corrected chi connectivity index (χ1v) is 4.96. The first kappa shape index (κ1) is 11.9. The zero-order valence-corrected chi connectivity index (χ0v) is 8.55. The fraction of sp³-hybridized carbons (Fsp3) is 1.00. The van der Waals surface area contributed by atoms with Crippen LogP contribution >= 0.6 is 0 Å². The van der Waals surface area contributed by atoms with Crippen molar-refractivity contribution in [2.75, 3.05) is 6.61 Å². The van der Waals surface area contributed by atoms with Gasteiger partial charge in [-0.25, -0.2) is 0 Å². The van der Waals surface area contributed by atoms with Crippen molar-refractivity contribution in [1.29, 1.82) is 0 Å². The monoisotopic (exact) mass is 174 g/mol. The molecule has 2 atom stereocenters. The molecule has 0 bridgehead atoms. The summed E-state index contributed by atoms with van der Waals surface area (Å²) in [5.41, 5.74) is 0. The topological polar surface area (TPSA) is 29.5 Å². The Morgan fingerprint density at radius 3 is 2.42 bits per heavy atom. The lowest BCUT2D eigenvalue weighted by Crippen LogP contribution is -2.12. The lowest BCUT2D eigenvalue weighted by molar-refractivity contribution is 0.0469. The van der Waals surface area contributed by atoms with Crippen molar-refractivity contribution in [3.05, 3.63) is 0 Å². The lowest BCUT2D eigenvalue weighted by Gasteiger charge is -2.13. The van der Waals surface area contributed by atoms with Gasteiger partial charge >= 0.3 is 0 Å². The Hall–Kier alpha value is -0.0800. The fourth-order valence-corrected chi connectivity index (χ4v) is 0.988. The second-order valence-electron chi connectivity index (χ2n) is 3.46. The number of hydrogen-bond donors (Lipinski definition) is 1. The molecule has 2 unspecified atom stereocenters. The highest BCUT2D eigenvalue weighted by Crippen LogP contribution is 2.05. The summed E-state index contributed by atoms with van der Waals surface area (Å²) in [6.45, 7) is 6.90. The molecule has 0 radical (unpaired) electrons. The zero-order valence-electron chi connectivity index (χ0n) is 8.55. The van der Waals surface area contributed by atoms with E-state index in [1.54, 1.807) is 0 Å². The van der Waals surface area contributed by atoms with Crippen molar-refractivity contribution in [2.24, 2.45) is 0 Å². The van der Waals surface area contributed by atoms with Crippen LogP contribution in [0.3, 0.4) is 0 Å². The summed E-state index contributed by atoms with van der Waals surface area (Å²) < 4.78 is 5.52. The van der Waals surface area contributed by atoms with Crippen molar-refractivity contribution in [2.45, 2.75) is 58.7 Å². The molecule has 2 nitrogen and oxygen atoms in total. The molecule has 0 spiro atoms. The van der Waals surface area contributed by atoms with Crippen LogP contribution in [0.15, 0.2) is 0 Å². The minimum absolute atomic E-state index is 0.192. The Morgan fingerprint density at radius 1 is 1.25 bits per heavy atom. The van der Waals surface area contributed by atoms with E-state index in [2.05, 4.69) is 13.8 Å². The van der Waals surface area contributed by atoms with E-state index in [4.69, 9.17) is 9.84 Å². The quantitative estimate of drug-likeness (QED) is 0.600. The molecule has 0 aromatic heterocycles. The number of hydrogen-bond acceptors (Lipinski definition) is 2. The summed E-state index contributed by atoms with van der Waals surface area (Å²) in [7, 11) is 0. The van der Waals surface area contributed by atoms with Gasteiger partial charge in [-0.2, -0.15) is 0 Å². The second kappa shape index (κ2) is 7.56. The predicted octanol–water partition coefficient (Wildman–Crippen LogP) is 2.35. The average molecular weight is 174 g/mol. The van der Waals surface area contributed by atoms with Gasteiger partial charge in [0, 0.05) is 6.61 Å². The molecular weight excluding hydrogens is 152 g/mol. The maximum absolute atomic E-state index is 9.02. The van der Waals surface area contributed by atoms with Crippen LogP contribution in [0.2, 0.25) is 0 Å². The molecule has 0 heterocycles. The summed E-state index contributed by atoms with van der Waals surface area (Å²) in [4.78, 5) is 0. The predicted molar refractivity (Wildman–Crippen MR) is 51.2 cm³/mol. The Labute approximate surface area is 75.9 Å². The molecule has 0 saturated carbocycles. The number of aliphatic hydroxyl groups is 1. The minimum atomic E-state index is -0.192. The smallest absolute Gasteiger partial charge is 0.0547 e. The highest BCUT2D eigenvalue weighted by Gasteiger charge is 2.03. The van der Waals surface area contributed by atoms with Crippen molar-refractivity contribution in [1.82, 2.24) is 0 Å². The van der Waals surface area contributed by atoms with Gasteiger partial charge in [0.1, 0.15) is 0 Å².